The van der Waals surface area contributed by atoms with Crippen LogP contribution in [0.25, 0.3) is 16.8 Å². The molecule has 0 N–H and O–H groups in total. The van der Waals surface area contributed by atoms with E-state index in [9.17, 15) is 0 Å². The van der Waals surface area contributed by atoms with Gasteiger partial charge in [-0.2, -0.15) is 0 Å². The Morgan fingerprint density at radius 3 is 2.29 bits per heavy atom. The highest BCUT2D eigenvalue weighted by atomic mass is 16.5. The smallest absolute Gasteiger partial charge is 0.136 e. The van der Waals surface area contributed by atoms with Gasteiger partial charge in [0.2, 0.25) is 0 Å². The van der Waals surface area contributed by atoms with Crippen LogP contribution in [0.4, 0.5) is 0 Å². The molecule has 1 aliphatic heterocycles. The number of hydrogen-bond acceptors (Lipinski definition) is 3. The van der Waals surface area contributed by atoms with Crippen molar-refractivity contribution in [3.63, 3.8) is 0 Å². The fourth-order valence-corrected chi connectivity index (χ4v) is 4.93. The number of imidazole rings is 1. The third-order valence-electron chi connectivity index (χ3n) is 6.68. The lowest BCUT2D eigenvalue weighted by molar-refractivity contribution is 0.106. The van der Waals surface area contributed by atoms with Gasteiger partial charge in [0.1, 0.15) is 18.0 Å². The molecule has 1 aliphatic rings. The van der Waals surface area contributed by atoms with Gasteiger partial charge in [0.25, 0.3) is 0 Å². The molecular formula is C30H27N3O. The van der Waals surface area contributed by atoms with Gasteiger partial charge in [0.15, 0.2) is 0 Å². The van der Waals surface area contributed by atoms with Gasteiger partial charge in [-0.05, 0) is 46.9 Å². The van der Waals surface area contributed by atoms with Crippen LogP contribution in [-0.2, 0) is 19.5 Å². The summed E-state index contributed by atoms with van der Waals surface area (Å²) in [7, 11) is 0. The van der Waals surface area contributed by atoms with Crippen molar-refractivity contribution >= 4 is 5.65 Å². The van der Waals surface area contributed by atoms with Crippen LogP contribution in [0.3, 0.4) is 0 Å². The van der Waals surface area contributed by atoms with Crippen LogP contribution in [0, 0.1) is 0 Å². The van der Waals surface area contributed by atoms with Crippen molar-refractivity contribution in [2.24, 2.45) is 0 Å². The second-order valence-electron chi connectivity index (χ2n) is 8.94. The van der Waals surface area contributed by atoms with Crippen LogP contribution >= 0.6 is 0 Å². The summed E-state index contributed by atoms with van der Waals surface area (Å²) in [5.74, 6) is 0.999. The number of pyridine rings is 1. The zero-order valence-electron chi connectivity index (χ0n) is 19.0. The number of nitrogens with zero attached hydrogens (tertiary/aromatic N) is 3. The van der Waals surface area contributed by atoms with E-state index in [1.54, 1.807) is 0 Å². The number of benzene rings is 3. The summed E-state index contributed by atoms with van der Waals surface area (Å²) in [6.07, 6.45) is 6.94. The molecule has 0 amide bonds. The third kappa shape index (κ3) is 4.20. The lowest BCUT2D eigenvalue weighted by Crippen LogP contribution is -2.42. The Morgan fingerprint density at radius 1 is 0.824 bits per heavy atom. The summed E-state index contributed by atoms with van der Waals surface area (Å²) in [6, 6.07) is 32.4. The zero-order chi connectivity index (χ0) is 22.7. The monoisotopic (exact) mass is 445 g/mol. The third-order valence-corrected chi connectivity index (χ3v) is 6.68. The quantitative estimate of drug-likeness (QED) is 0.321. The molecule has 0 aliphatic carbocycles. The Labute approximate surface area is 200 Å². The molecule has 0 bridgehead atoms. The van der Waals surface area contributed by atoms with E-state index in [2.05, 4.69) is 111 Å². The highest BCUT2D eigenvalue weighted by Crippen LogP contribution is 2.36. The summed E-state index contributed by atoms with van der Waals surface area (Å²) >= 11 is 0. The maximum absolute atomic E-state index is 6.37. The molecule has 6 rings (SSSR count). The molecular weight excluding hydrogens is 418 g/mol. The molecule has 3 heterocycles. The van der Waals surface area contributed by atoms with Crippen LogP contribution in [-0.4, -0.2) is 26.9 Å². The van der Waals surface area contributed by atoms with Crippen LogP contribution in [0.15, 0.2) is 110 Å². The van der Waals surface area contributed by atoms with Crippen LogP contribution < -0.4 is 4.74 Å². The van der Waals surface area contributed by atoms with Gasteiger partial charge >= 0.3 is 0 Å². The molecule has 5 aromatic rings. The van der Waals surface area contributed by atoms with Crippen LogP contribution in [0.5, 0.6) is 5.75 Å². The van der Waals surface area contributed by atoms with Crippen LogP contribution in [0.1, 0.15) is 16.7 Å². The normalized spacial score (nSPS) is 15.3. The van der Waals surface area contributed by atoms with Gasteiger partial charge in [-0.25, -0.2) is 4.98 Å². The second kappa shape index (κ2) is 9.16. The number of aromatic nitrogens is 2. The van der Waals surface area contributed by atoms with Crippen molar-refractivity contribution in [1.29, 1.82) is 0 Å². The van der Waals surface area contributed by atoms with E-state index in [-0.39, 0.29) is 6.04 Å². The Morgan fingerprint density at radius 2 is 1.56 bits per heavy atom. The molecule has 0 saturated carbocycles. The minimum Gasteiger partial charge on any atom is -0.492 e. The van der Waals surface area contributed by atoms with Gasteiger partial charge in [-0.15, -0.1) is 0 Å². The lowest BCUT2D eigenvalue weighted by Gasteiger charge is -2.36. The summed E-state index contributed by atoms with van der Waals surface area (Å²) in [5.41, 5.74) is 7.30. The first kappa shape index (κ1) is 20.7. The molecule has 1 atom stereocenters. The second-order valence-corrected chi connectivity index (χ2v) is 8.94. The Kier molecular flexibility index (Phi) is 5.58. The first-order chi connectivity index (χ1) is 16.8. The standard InChI is InChI=1S/C30H27N3O/c1-3-8-23(9-4-1)19-33(20-24-10-5-2-6-11-24)26-18-28-27(12-7-13-29(28)34-22-26)25-14-15-30-31-16-17-32(30)21-25/h1-17,21,26H,18-20,22H2. The van der Waals surface area contributed by atoms with E-state index < -0.39 is 0 Å². The van der Waals surface area contributed by atoms with Gasteiger partial charge in [-0.3, -0.25) is 4.90 Å². The predicted octanol–water partition coefficient (Wildman–Crippen LogP) is 6.01. The topological polar surface area (TPSA) is 29.8 Å². The molecule has 0 spiro atoms. The van der Waals surface area contributed by atoms with E-state index in [0.717, 1.165) is 30.9 Å². The van der Waals surface area contributed by atoms with E-state index >= 15 is 0 Å². The SMILES string of the molecule is c1ccc(CN(Cc2ccccc2)C2COc3cccc(-c4ccc5nccn5c4)c3C2)cc1. The maximum Gasteiger partial charge on any atom is 0.136 e. The molecule has 0 radical (unpaired) electrons. The number of hydrogen-bond donors (Lipinski definition) is 0. The minimum absolute atomic E-state index is 0.283. The number of rotatable bonds is 6. The number of fused-ring (bicyclic) bond motifs is 2. The van der Waals surface area contributed by atoms with E-state index in [0.29, 0.717) is 6.61 Å². The molecule has 0 fully saturated rings. The summed E-state index contributed by atoms with van der Waals surface area (Å²) < 4.78 is 8.44. The molecule has 168 valence electrons. The summed E-state index contributed by atoms with van der Waals surface area (Å²) in [5, 5.41) is 0. The molecule has 2 aromatic heterocycles. The van der Waals surface area contributed by atoms with Crippen molar-refractivity contribution < 1.29 is 4.74 Å². The predicted molar refractivity (Wildman–Crippen MR) is 136 cm³/mol. The average molecular weight is 446 g/mol. The molecule has 4 nitrogen and oxygen atoms in total. The van der Waals surface area contributed by atoms with Crippen molar-refractivity contribution in [1.82, 2.24) is 14.3 Å². The van der Waals surface area contributed by atoms with Crippen LogP contribution in [0.2, 0.25) is 0 Å². The fourth-order valence-electron chi connectivity index (χ4n) is 4.93. The van der Waals surface area contributed by atoms with Crippen molar-refractivity contribution in [2.75, 3.05) is 6.61 Å². The Hall–Kier alpha value is -3.89. The van der Waals surface area contributed by atoms with Gasteiger partial charge in [-0.1, -0.05) is 72.8 Å². The van der Waals surface area contributed by atoms with E-state index in [1.807, 2.05) is 12.4 Å². The average Bonchev–Trinajstić information content (AvgIpc) is 3.37. The van der Waals surface area contributed by atoms with Gasteiger partial charge < -0.3 is 9.14 Å². The van der Waals surface area contributed by atoms with Gasteiger partial charge in [0, 0.05) is 43.3 Å². The molecule has 4 heteroatoms. The first-order valence-electron chi connectivity index (χ1n) is 11.8. The fraction of sp³-hybridized carbons (Fsp3) is 0.167. The highest BCUT2D eigenvalue weighted by molar-refractivity contribution is 5.71. The number of ether oxygens (including phenoxy) is 1. The lowest BCUT2D eigenvalue weighted by atomic mass is 9.92. The maximum atomic E-state index is 6.37. The van der Waals surface area contributed by atoms with E-state index in [4.69, 9.17) is 4.74 Å². The molecule has 1 unspecified atom stereocenters. The first-order valence-corrected chi connectivity index (χ1v) is 11.8. The van der Waals surface area contributed by atoms with Crippen molar-refractivity contribution in [3.8, 4) is 16.9 Å². The zero-order valence-corrected chi connectivity index (χ0v) is 19.0. The minimum atomic E-state index is 0.283. The Balaban J connectivity index is 1.34. The van der Waals surface area contributed by atoms with Crippen molar-refractivity contribution in [2.45, 2.75) is 25.6 Å². The summed E-state index contributed by atoms with van der Waals surface area (Å²) in [6.45, 7) is 2.47. The molecule has 3 aromatic carbocycles. The highest BCUT2D eigenvalue weighted by Gasteiger charge is 2.28. The van der Waals surface area contributed by atoms with Gasteiger partial charge in [0.05, 0.1) is 0 Å². The molecule has 34 heavy (non-hydrogen) atoms. The molecule has 0 saturated heterocycles. The largest absolute Gasteiger partial charge is 0.492 e. The Bertz CT molecular complexity index is 1350. The summed E-state index contributed by atoms with van der Waals surface area (Å²) in [4.78, 5) is 6.95. The van der Waals surface area contributed by atoms with Crippen molar-refractivity contribution in [3.05, 3.63) is 126 Å². The van der Waals surface area contributed by atoms with E-state index in [1.165, 1.54) is 27.8 Å².